The van der Waals surface area contributed by atoms with Gasteiger partial charge in [0, 0.05) is 24.9 Å². The molecule has 18 heavy (non-hydrogen) atoms. The predicted molar refractivity (Wildman–Crippen MR) is 62.6 cm³/mol. The minimum atomic E-state index is -0.452. The molecule has 2 N–H and O–H groups in total. The quantitative estimate of drug-likeness (QED) is 0.781. The largest absolute Gasteiger partial charge is 0.466 e. The van der Waals surface area contributed by atoms with Gasteiger partial charge < -0.3 is 9.30 Å². The second kappa shape index (κ2) is 4.70. The second-order valence-electron chi connectivity index (χ2n) is 3.49. The summed E-state index contributed by atoms with van der Waals surface area (Å²) in [4.78, 5) is 27.0. The molecule has 0 saturated heterocycles. The number of carbonyl (C=O) groups is 1. The number of hydrogen-bond acceptors (Lipinski definition) is 5. The Morgan fingerprint density at radius 3 is 2.94 bits per heavy atom. The van der Waals surface area contributed by atoms with Crippen molar-refractivity contribution in [2.75, 3.05) is 12.4 Å². The van der Waals surface area contributed by atoms with Crippen LogP contribution in [0.4, 0.5) is 5.95 Å². The highest BCUT2D eigenvalue weighted by Gasteiger charge is 2.10. The van der Waals surface area contributed by atoms with Crippen LogP contribution in [0.1, 0.15) is 10.4 Å². The standard InChI is InChI=1S/C10H11N5O3/c1-15-4-3-6(5-7(15)16)8(17)11-9-12-10(18-2)14-13-9/h3-5H,1-2H3,(H2,11,12,13,14,17). The minimum Gasteiger partial charge on any atom is -0.466 e. The highest BCUT2D eigenvalue weighted by Crippen LogP contribution is 2.06. The molecular formula is C10H11N5O3. The summed E-state index contributed by atoms with van der Waals surface area (Å²) in [5, 5.41) is 8.62. The predicted octanol–water partition coefficient (Wildman–Crippen LogP) is -0.236. The van der Waals surface area contributed by atoms with Gasteiger partial charge in [0.15, 0.2) is 0 Å². The van der Waals surface area contributed by atoms with Crippen molar-refractivity contribution in [3.63, 3.8) is 0 Å². The molecular weight excluding hydrogens is 238 g/mol. The van der Waals surface area contributed by atoms with E-state index in [1.807, 2.05) is 0 Å². The van der Waals surface area contributed by atoms with Crippen molar-refractivity contribution in [2.45, 2.75) is 0 Å². The average molecular weight is 249 g/mol. The SMILES string of the molecule is COc1n[nH]c(NC(=O)c2ccn(C)c(=O)c2)n1. The molecule has 0 aliphatic rings. The first-order chi connectivity index (χ1) is 8.60. The number of amides is 1. The molecule has 0 unspecified atom stereocenters. The molecule has 0 bridgehead atoms. The van der Waals surface area contributed by atoms with E-state index in [0.717, 1.165) is 0 Å². The van der Waals surface area contributed by atoms with E-state index < -0.39 is 5.91 Å². The number of ether oxygens (including phenoxy) is 1. The number of nitrogens with one attached hydrogen (secondary N) is 2. The van der Waals surface area contributed by atoms with Crippen LogP contribution in [0.3, 0.4) is 0 Å². The fourth-order valence-corrected chi connectivity index (χ4v) is 1.26. The van der Waals surface area contributed by atoms with Crippen molar-refractivity contribution < 1.29 is 9.53 Å². The lowest BCUT2D eigenvalue weighted by Crippen LogP contribution is -2.20. The maximum Gasteiger partial charge on any atom is 0.336 e. The van der Waals surface area contributed by atoms with Gasteiger partial charge in [-0.1, -0.05) is 0 Å². The molecule has 2 rings (SSSR count). The zero-order valence-electron chi connectivity index (χ0n) is 9.80. The Morgan fingerprint density at radius 2 is 2.33 bits per heavy atom. The monoisotopic (exact) mass is 249 g/mol. The normalized spacial score (nSPS) is 10.1. The highest BCUT2D eigenvalue weighted by molar-refractivity contribution is 6.03. The van der Waals surface area contributed by atoms with Crippen molar-refractivity contribution in [3.8, 4) is 6.01 Å². The van der Waals surface area contributed by atoms with Gasteiger partial charge in [0.1, 0.15) is 0 Å². The van der Waals surface area contributed by atoms with E-state index in [1.165, 1.54) is 30.0 Å². The fraction of sp³-hybridized carbons (Fsp3) is 0.200. The molecule has 0 saturated carbocycles. The number of rotatable bonds is 3. The van der Waals surface area contributed by atoms with Crippen LogP contribution < -0.4 is 15.6 Å². The number of hydrogen-bond donors (Lipinski definition) is 2. The molecule has 0 aliphatic heterocycles. The zero-order chi connectivity index (χ0) is 13.1. The van der Waals surface area contributed by atoms with E-state index in [9.17, 15) is 9.59 Å². The Labute approximate surface area is 102 Å². The third-order valence-electron chi connectivity index (χ3n) is 2.25. The Kier molecular flexibility index (Phi) is 3.09. The van der Waals surface area contributed by atoms with Gasteiger partial charge in [0.2, 0.25) is 5.95 Å². The Bertz CT molecular complexity index is 630. The number of aryl methyl sites for hydroxylation is 1. The number of aromatic nitrogens is 4. The van der Waals surface area contributed by atoms with Crippen LogP contribution in [0, 0.1) is 0 Å². The first kappa shape index (κ1) is 11.8. The molecule has 0 aromatic carbocycles. The summed E-state index contributed by atoms with van der Waals surface area (Å²) >= 11 is 0. The number of aromatic amines is 1. The van der Waals surface area contributed by atoms with E-state index in [4.69, 9.17) is 4.74 Å². The second-order valence-corrected chi connectivity index (χ2v) is 3.49. The van der Waals surface area contributed by atoms with E-state index in [2.05, 4.69) is 20.5 Å². The zero-order valence-corrected chi connectivity index (χ0v) is 9.80. The number of anilines is 1. The maximum absolute atomic E-state index is 11.8. The summed E-state index contributed by atoms with van der Waals surface area (Å²) in [7, 11) is 3.01. The number of methoxy groups -OCH3 is 1. The van der Waals surface area contributed by atoms with Gasteiger partial charge >= 0.3 is 6.01 Å². The summed E-state index contributed by atoms with van der Waals surface area (Å²) in [6, 6.07) is 2.89. The summed E-state index contributed by atoms with van der Waals surface area (Å²) < 4.78 is 6.13. The molecule has 94 valence electrons. The third-order valence-corrected chi connectivity index (χ3v) is 2.25. The van der Waals surface area contributed by atoms with Gasteiger partial charge in [-0.25, -0.2) is 5.10 Å². The van der Waals surface area contributed by atoms with Gasteiger partial charge in [-0.05, 0) is 6.07 Å². The van der Waals surface area contributed by atoms with E-state index in [0.29, 0.717) is 0 Å². The molecule has 8 nitrogen and oxygen atoms in total. The first-order valence-electron chi connectivity index (χ1n) is 5.04. The number of H-pyrrole nitrogens is 1. The van der Waals surface area contributed by atoms with Crippen LogP contribution in [0.25, 0.3) is 0 Å². The molecule has 0 fully saturated rings. The van der Waals surface area contributed by atoms with Crippen LogP contribution in [-0.4, -0.2) is 32.8 Å². The molecule has 8 heteroatoms. The molecule has 2 aromatic heterocycles. The van der Waals surface area contributed by atoms with Gasteiger partial charge in [0.05, 0.1) is 7.11 Å². The van der Waals surface area contributed by atoms with E-state index in [-0.39, 0.29) is 23.1 Å². The summed E-state index contributed by atoms with van der Waals surface area (Å²) in [6.07, 6.45) is 1.51. The number of nitrogens with zero attached hydrogens (tertiary/aromatic N) is 3. The van der Waals surface area contributed by atoms with Gasteiger partial charge in [0.25, 0.3) is 11.5 Å². The Hall–Kier alpha value is -2.64. The van der Waals surface area contributed by atoms with Crippen molar-refractivity contribution in [1.82, 2.24) is 19.7 Å². The number of pyridine rings is 1. The lowest BCUT2D eigenvalue weighted by molar-refractivity contribution is 0.102. The van der Waals surface area contributed by atoms with Crippen LogP contribution in [0.15, 0.2) is 23.1 Å². The van der Waals surface area contributed by atoms with Crippen LogP contribution in [-0.2, 0) is 7.05 Å². The maximum atomic E-state index is 11.8. The van der Waals surface area contributed by atoms with Crippen molar-refractivity contribution in [1.29, 1.82) is 0 Å². The van der Waals surface area contributed by atoms with Gasteiger partial charge in [-0.3, -0.25) is 14.9 Å². The summed E-state index contributed by atoms with van der Waals surface area (Å²) in [5.41, 5.74) is -0.0220. The van der Waals surface area contributed by atoms with Crippen LogP contribution in [0.5, 0.6) is 6.01 Å². The van der Waals surface area contributed by atoms with Gasteiger partial charge in [-0.2, -0.15) is 4.98 Å². The first-order valence-corrected chi connectivity index (χ1v) is 5.04. The Morgan fingerprint density at radius 1 is 1.56 bits per heavy atom. The molecule has 2 heterocycles. The van der Waals surface area contributed by atoms with Crippen molar-refractivity contribution in [3.05, 3.63) is 34.2 Å². The van der Waals surface area contributed by atoms with E-state index in [1.54, 1.807) is 7.05 Å². The molecule has 0 spiro atoms. The lowest BCUT2D eigenvalue weighted by Gasteiger charge is -2.02. The van der Waals surface area contributed by atoms with Crippen LogP contribution >= 0.6 is 0 Å². The minimum absolute atomic E-state index is 0.120. The molecule has 1 amide bonds. The highest BCUT2D eigenvalue weighted by atomic mass is 16.5. The van der Waals surface area contributed by atoms with E-state index >= 15 is 0 Å². The summed E-state index contributed by atoms with van der Waals surface area (Å²) in [6.45, 7) is 0. The number of carbonyl (C=O) groups excluding carboxylic acids is 1. The molecule has 0 radical (unpaired) electrons. The Balaban J connectivity index is 2.16. The van der Waals surface area contributed by atoms with Crippen LogP contribution in [0.2, 0.25) is 0 Å². The van der Waals surface area contributed by atoms with Gasteiger partial charge in [-0.15, -0.1) is 5.10 Å². The third kappa shape index (κ3) is 2.37. The van der Waals surface area contributed by atoms with Crippen molar-refractivity contribution >= 4 is 11.9 Å². The smallest absolute Gasteiger partial charge is 0.336 e. The van der Waals surface area contributed by atoms with Crippen molar-refractivity contribution in [2.24, 2.45) is 7.05 Å². The summed E-state index contributed by atoms with van der Waals surface area (Å²) in [5.74, 6) is -0.302. The topological polar surface area (TPSA) is 102 Å². The average Bonchev–Trinajstić information content (AvgIpc) is 2.80. The molecule has 2 aromatic rings. The molecule has 0 atom stereocenters. The fourth-order valence-electron chi connectivity index (χ4n) is 1.26. The lowest BCUT2D eigenvalue weighted by atomic mass is 10.2. The molecule has 0 aliphatic carbocycles.